The van der Waals surface area contributed by atoms with E-state index in [9.17, 15) is 15.0 Å². The summed E-state index contributed by atoms with van der Waals surface area (Å²) in [7, 11) is 0. The van der Waals surface area contributed by atoms with Crippen LogP contribution in [-0.4, -0.2) is 33.4 Å². The van der Waals surface area contributed by atoms with Crippen molar-refractivity contribution in [3.05, 3.63) is 107 Å². The Kier molecular flexibility index (Phi) is 6.01. The van der Waals surface area contributed by atoms with Crippen LogP contribution >= 0.6 is 11.8 Å². The molecule has 1 amide bonds. The number of carbonyl (C=O) groups excluding carboxylic acids is 1. The summed E-state index contributed by atoms with van der Waals surface area (Å²) in [4.78, 5) is 23.9. The van der Waals surface area contributed by atoms with Gasteiger partial charge in [0.2, 0.25) is 0 Å². The number of nitrogens with one attached hydrogen (secondary N) is 1. The van der Waals surface area contributed by atoms with Crippen molar-refractivity contribution >= 4 is 29.1 Å². The molecule has 1 aliphatic rings. The molecule has 0 bridgehead atoms. The number of amides is 1. The zero-order chi connectivity index (χ0) is 23.5. The zero-order valence-electron chi connectivity index (χ0n) is 18.1. The number of benzene rings is 3. The Morgan fingerprint density at radius 1 is 0.882 bits per heavy atom. The summed E-state index contributed by atoms with van der Waals surface area (Å²) in [6.45, 7) is 0.481. The summed E-state index contributed by atoms with van der Waals surface area (Å²) in [5.74, 6) is -0.578. The number of nitrogens with zero attached hydrogens (tertiary/aromatic N) is 2. The predicted octanol–water partition coefficient (Wildman–Crippen LogP) is 5.10. The summed E-state index contributed by atoms with van der Waals surface area (Å²) in [6, 6.07) is 23.8. The van der Waals surface area contributed by atoms with E-state index in [1.54, 1.807) is 36.2 Å². The molecule has 1 aromatic heterocycles. The highest BCUT2D eigenvalue weighted by Gasteiger charge is 2.20. The maximum absolute atomic E-state index is 12.8. The lowest BCUT2D eigenvalue weighted by molar-refractivity contribution is 0.0954. The first-order valence-corrected chi connectivity index (χ1v) is 11.6. The second-order valence-electron chi connectivity index (χ2n) is 7.77. The van der Waals surface area contributed by atoms with E-state index in [2.05, 4.69) is 10.3 Å². The number of aromatic hydroxyl groups is 2. The number of pyridine rings is 1. The van der Waals surface area contributed by atoms with Crippen LogP contribution in [0.5, 0.6) is 11.5 Å². The van der Waals surface area contributed by atoms with E-state index < -0.39 is 0 Å². The molecule has 5 rings (SSSR count). The number of carbonyl (C=O) groups is 1. The summed E-state index contributed by atoms with van der Waals surface area (Å²) in [6.07, 6.45) is 2.39. The molecule has 34 heavy (non-hydrogen) atoms. The third-order valence-electron chi connectivity index (χ3n) is 5.46. The Hall–Kier alpha value is -4.10. The van der Waals surface area contributed by atoms with Crippen LogP contribution in [0, 0.1) is 0 Å². The molecule has 7 heteroatoms. The van der Waals surface area contributed by atoms with Gasteiger partial charge in [0.25, 0.3) is 5.91 Å². The van der Waals surface area contributed by atoms with E-state index in [0.29, 0.717) is 35.5 Å². The minimum absolute atomic E-state index is 0.176. The van der Waals surface area contributed by atoms with Gasteiger partial charge in [-0.25, -0.2) is 4.99 Å². The van der Waals surface area contributed by atoms with Gasteiger partial charge in [0.1, 0.15) is 0 Å². The Morgan fingerprint density at radius 2 is 1.74 bits per heavy atom. The van der Waals surface area contributed by atoms with Crippen LogP contribution in [-0.2, 0) is 6.42 Å². The number of hydrogen-bond acceptors (Lipinski definition) is 6. The van der Waals surface area contributed by atoms with Gasteiger partial charge in [-0.2, -0.15) is 0 Å². The zero-order valence-corrected chi connectivity index (χ0v) is 18.9. The smallest absolute Gasteiger partial charge is 0.251 e. The SMILES string of the molecule is O=C(NCCc1ccccn1)c1ccc2c(c1)N=C(c1ccc(O)c(O)c1)c1ccccc1S2. The molecule has 0 saturated carbocycles. The standard InChI is InChI=1S/C27H21N3O3S/c31-22-10-8-17(16-23(22)32)26-20-6-1-2-7-24(20)34-25-11-9-18(15-21(25)30-26)27(33)29-14-12-19-5-3-4-13-28-19/h1-11,13,15-16,31-32H,12,14H2,(H,29,33). The number of phenols is 2. The molecule has 3 N–H and O–H groups in total. The van der Waals surface area contributed by atoms with Crippen molar-refractivity contribution in [3.63, 3.8) is 0 Å². The lowest BCUT2D eigenvalue weighted by Crippen LogP contribution is -2.25. The number of hydrogen-bond donors (Lipinski definition) is 3. The minimum atomic E-state index is -0.212. The van der Waals surface area contributed by atoms with Crippen molar-refractivity contribution in [2.75, 3.05) is 6.54 Å². The molecule has 0 radical (unpaired) electrons. The van der Waals surface area contributed by atoms with E-state index in [1.807, 2.05) is 48.5 Å². The third kappa shape index (κ3) is 4.51. The number of phenolic OH excluding ortho intramolecular Hbond substituents is 2. The molecule has 0 atom stereocenters. The Balaban J connectivity index is 1.47. The fourth-order valence-corrected chi connectivity index (χ4v) is 4.73. The van der Waals surface area contributed by atoms with Crippen LogP contribution in [0.3, 0.4) is 0 Å². The van der Waals surface area contributed by atoms with Crippen molar-refractivity contribution in [3.8, 4) is 11.5 Å². The van der Waals surface area contributed by atoms with Gasteiger partial charge in [0.15, 0.2) is 11.5 Å². The molecule has 0 aliphatic carbocycles. The molecule has 2 heterocycles. The number of aromatic nitrogens is 1. The van der Waals surface area contributed by atoms with E-state index in [1.165, 1.54) is 12.1 Å². The average Bonchev–Trinajstić information content (AvgIpc) is 3.02. The van der Waals surface area contributed by atoms with Gasteiger partial charge in [-0.3, -0.25) is 9.78 Å². The number of rotatable bonds is 5. The van der Waals surface area contributed by atoms with Gasteiger partial charge in [-0.05, 0) is 54.6 Å². The van der Waals surface area contributed by atoms with Crippen LogP contribution in [0.4, 0.5) is 5.69 Å². The van der Waals surface area contributed by atoms with E-state index in [-0.39, 0.29) is 17.4 Å². The van der Waals surface area contributed by atoms with Crippen LogP contribution < -0.4 is 5.32 Å². The summed E-state index contributed by atoms with van der Waals surface area (Å²) in [5.41, 5.74) is 4.34. The Bertz CT molecular complexity index is 1400. The molecule has 0 saturated heterocycles. The van der Waals surface area contributed by atoms with E-state index >= 15 is 0 Å². The molecular weight excluding hydrogens is 446 g/mol. The normalized spacial score (nSPS) is 12.2. The molecule has 3 aromatic carbocycles. The van der Waals surface area contributed by atoms with Crippen molar-refractivity contribution in [2.45, 2.75) is 16.2 Å². The highest BCUT2D eigenvalue weighted by atomic mass is 32.2. The molecule has 6 nitrogen and oxygen atoms in total. The lowest BCUT2D eigenvalue weighted by atomic mass is 10.0. The van der Waals surface area contributed by atoms with Crippen molar-refractivity contribution < 1.29 is 15.0 Å². The van der Waals surface area contributed by atoms with Gasteiger partial charge in [0.05, 0.1) is 11.4 Å². The molecule has 0 spiro atoms. The van der Waals surface area contributed by atoms with Crippen molar-refractivity contribution in [1.29, 1.82) is 0 Å². The fourth-order valence-electron chi connectivity index (χ4n) is 3.73. The van der Waals surface area contributed by atoms with Crippen LogP contribution in [0.25, 0.3) is 0 Å². The first-order chi connectivity index (χ1) is 16.6. The van der Waals surface area contributed by atoms with Crippen LogP contribution in [0.15, 0.2) is 99.8 Å². The van der Waals surface area contributed by atoms with E-state index in [4.69, 9.17) is 4.99 Å². The summed E-state index contributed by atoms with van der Waals surface area (Å²) < 4.78 is 0. The fraction of sp³-hybridized carbons (Fsp3) is 0.0741. The quantitative estimate of drug-likeness (QED) is 0.313. The molecule has 1 aliphatic heterocycles. The average molecular weight is 468 g/mol. The first-order valence-electron chi connectivity index (χ1n) is 10.8. The Morgan fingerprint density at radius 3 is 2.56 bits per heavy atom. The first kappa shape index (κ1) is 21.7. The molecule has 168 valence electrons. The van der Waals surface area contributed by atoms with Gasteiger partial charge < -0.3 is 15.5 Å². The molecular formula is C27H21N3O3S. The maximum atomic E-state index is 12.8. The monoisotopic (exact) mass is 467 g/mol. The lowest BCUT2D eigenvalue weighted by Gasteiger charge is -2.10. The second-order valence-corrected chi connectivity index (χ2v) is 8.86. The molecule has 4 aromatic rings. The second kappa shape index (κ2) is 9.41. The van der Waals surface area contributed by atoms with Gasteiger partial charge in [-0.15, -0.1) is 0 Å². The largest absolute Gasteiger partial charge is 0.504 e. The van der Waals surface area contributed by atoms with Crippen molar-refractivity contribution in [1.82, 2.24) is 10.3 Å². The van der Waals surface area contributed by atoms with Gasteiger partial charge in [0, 0.05) is 51.3 Å². The van der Waals surface area contributed by atoms with Gasteiger partial charge in [-0.1, -0.05) is 36.0 Å². The molecule has 0 unspecified atom stereocenters. The van der Waals surface area contributed by atoms with E-state index in [0.717, 1.165) is 21.0 Å². The highest BCUT2D eigenvalue weighted by molar-refractivity contribution is 7.99. The van der Waals surface area contributed by atoms with Gasteiger partial charge >= 0.3 is 0 Å². The maximum Gasteiger partial charge on any atom is 0.251 e. The van der Waals surface area contributed by atoms with Crippen LogP contribution in [0.2, 0.25) is 0 Å². The highest BCUT2D eigenvalue weighted by Crippen LogP contribution is 2.42. The number of fused-ring (bicyclic) bond motifs is 2. The number of aliphatic imine (C=N–C) groups is 1. The topological polar surface area (TPSA) is 94.8 Å². The summed E-state index contributed by atoms with van der Waals surface area (Å²) >= 11 is 1.58. The molecule has 0 fully saturated rings. The third-order valence-corrected chi connectivity index (χ3v) is 6.60. The Labute approximate surface area is 201 Å². The summed E-state index contributed by atoms with van der Waals surface area (Å²) in [5, 5.41) is 22.8. The van der Waals surface area contributed by atoms with Crippen molar-refractivity contribution in [2.24, 2.45) is 4.99 Å². The van der Waals surface area contributed by atoms with Crippen LogP contribution in [0.1, 0.15) is 27.2 Å². The predicted molar refractivity (Wildman–Crippen MR) is 132 cm³/mol. The minimum Gasteiger partial charge on any atom is -0.504 e.